The molecule has 2 N–H and O–H groups in total. The summed E-state index contributed by atoms with van der Waals surface area (Å²) < 4.78 is 0. The van der Waals surface area contributed by atoms with Gasteiger partial charge in [0.1, 0.15) is 0 Å². The van der Waals surface area contributed by atoms with E-state index in [9.17, 15) is 14.9 Å². The standard InChI is InChI=1S/C26H26N4O3/c31-26(19-13-15-20(16-14-19)30(32)33)28-18-8-2-1-7-17-27-25-21-9-3-5-11-23(21)29-24-12-6-4-10-22(24)25/h3-6,9-16H,1-2,7-8,17-18H2,(H,27,29)(H,28,31). The molecule has 0 saturated heterocycles. The van der Waals surface area contributed by atoms with Crippen molar-refractivity contribution >= 4 is 39.1 Å². The molecule has 168 valence electrons. The number of anilines is 1. The molecular weight excluding hydrogens is 416 g/mol. The first-order chi connectivity index (χ1) is 16.1. The van der Waals surface area contributed by atoms with Crippen molar-refractivity contribution in [2.75, 3.05) is 18.4 Å². The zero-order valence-corrected chi connectivity index (χ0v) is 18.3. The van der Waals surface area contributed by atoms with Crippen molar-refractivity contribution in [1.29, 1.82) is 0 Å². The van der Waals surface area contributed by atoms with Crippen LogP contribution in [-0.2, 0) is 0 Å². The first kappa shape index (κ1) is 22.2. The highest BCUT2D eigenvalue weighted by Gasteiger charge is 2.09. The van der Waals surface area contributed by atoms with Crippen LogP contribution >= 0.6 is 0 Å². The average molecular weight is 443 g/mol. The molecule has 0 radical (unpaired) electrons. The lowest BCUT2D eigenvalue weighted by Gasteiger charge is -2.13. The molecule has 0 aliphatic heterocycles. The number of pyridine rings is 1. The number of nitro groups is 1. The van der Waals surface area contributed by atoms with Crippen LogP contribution in [0.3, 0.4) is 0 Å². The maximum Gasteiger partial charge on any atom is 0.269 e. The number of benzene rings is 3. The van der Waals surface area contributed by atoms with Gasteiger partial charge in [-0.15, -0.1) is 0 Å². The monoisotopic (exact) mass is 442 g/mol. The number of hydrogen-bond acceptors (Lipinski definition) is 5. The number of non-ortho nitro benzene ring substituents is 1. The molecule has 0 spiro atoms. The SMILES string of the molecule is O=C(NCCCCCCNc1c2ccccc2nc2ccccc12)c1ccc([N+](=O)[O-])cc1. The lowest BCUT2D eigenvalue weighted by Crippen LogP contribution is -2.24. The van der Waals surface area contributed by atoms with Gasteiger partial charge in [0.15, 0.2) is 0 Å². The van der Waals surface area contributed by atoms with Gasteiger partial charge in [-0.1, -0.05) is 49.2 Å². The van der Waals surface area contributed by atoms with E-state index in [1.807, 2.05) is 36.4 Å². The fourth-order valence-corrected chi connectivity index (χ4v) is 3.89. The predicted octanol–water partition coefficient (Wildman–Crippen LogP) is 5.70. The van der Waals surface area contributed by atoms with E-state index in [1.54, 1.807) is 0 Å². The average Bonchev–Trinajstić information content (AvgIpc) is 2.84. The van der Waals surface area contributed by atoms with Crippen LogP contribution in [0.4, 0.5) is 11.4 Å². The number of amides is 1. The Kier molecular flexibility index (Phi) is 7.09. The maximum absolute atomic E-state index is 12.1. The predicted molar refractivity (Wildman–Crippen MR) is 132 cm³/mol. The van der Waals surface area contributed by atoms with Crippen LogP contribution < -0.4 is 10.6 Å². The number of carbonyl (C=O) groups is 1. The van der Waals surface area contributed by atoms with E-state index in [4.69, 9.17) is 4.98 Å². The van der Waals surface area contributed by atoms with Crippen LogP contribution in [0, 0.1) is 10.1 Å². The van der Waals surface area contributed by atoms with E-state index in [-0.39, 0.29) is 11.6 Å². The van der Waals surface area contributed by atoms with E-state index >= 15 is 0 Å². The normalized spacial score (nSPS) is 10.9. The van der Waals surface area contributed by atoms with Crippen LogP contribution in [0.15, 0.2) is 72.8 Å². The number of nitrogens with zero attached hydrogens (tertiary/aromatic N) is 2. The number of aromatic nitrogens is 1. The summed E-state index contributed by atoms with van der Waals surface area (Å²) >= 11 is 0. The third kappa shape index (κ3) is 5.44. The minimum Gasteiger partial charge on any atom is -0.384 e. The molecule has 0 unspecified atom stereocenters. The van der Waals surface area contributed by atoms with Gasteiger partial charge in [0, 0.05) is 41.6 Å². The number of para-hydroxylation sites is 2. The number of unbranched alkanes of at least 4 members (excludes halogenated alkanes) is 3. The largest absolute Gasteiger partial charge is 0.384 e. The third-order valence-corrected chi connectivity index (χ3v) is 5.62. The van der Waals surface area contributed by atoms with Crippen molar-refractivity contribution in [3.8, 4) is 0 Å². The summed E-state index contributed by atoms with van der Waals surface area (Å²) in [6, 6.07) is 22.0. The van der Waals surface area contributed by atoms with Crippen LogP contribution in [-0.4, -0.2) is 28.9 Å². The second kappa shape index (κ2) is 10.5. The minimum absolute atomic E-state index is 0.0204. The molecule has 0 aliphatic carbocycles. The molecule has 4 aromatic rings. The lowest BCUT2D eigenvalue weighted by atomic mass is 10.1. The maximum atomic E-state index is 12.1. The third-order valence-electron chi connectivity index (χ3n) is 5.62. The molecule has 0 atom stereocenters. The van der Waals surface area contributed by atoms with Crippen molar-refractivity contribution in [2.45, 2.75) is 25.7 Å². The molecule has 33 heavy (non-hydrogen) atoms. The molecule has 0 bridgehead atoms. The lowest BCUT2D eigenvalue weighted by molar-refractivity contribution is -0.384. The second-order valence-corrected chi connectivity index (χ2v) is 7.92. The molecule has 3 aromatic carbocycles. The first-order valence-corrected chi connectivity index (χ1v) is 11.2. The zero-order valence-electron chi connectivity index (χ0n) is 18.3. The summed E-state index contributed by atoms with van der Waals surface area (Å²) in [4.78, 5) is 27.1. The van der Waals surface area contributed by atoms with E-state index < -0.39 is 4.92 Å². The summed E-state index contributed by atoms with van der Waals surface area (Å²) in [7, 11) is 0. The van der Waals surface area contributed by atoms with Gasteiger partial charge in [-0.25, -0.2) is 4.98 Å². The van der Waals surface area contributed by atoms with Crippen LogP contribution in [0.2, 0.25) is 0 Å². The molecule has 7 heteroatoms. The Balaban J connectivity index is 1.21. The molecule has 1 aromatic heterocycles. The topological polar surface area (TPSA) is 97.2 Å². The van der Waals surface area contributed by atoms with Crippen LogP contribution in [0.25, 0.3) is 21.8 Å². The smallest absolute Gasteiger partial charge is 0.269 e. The number of nitro benzene ring substituents is 1. The Morgan fingerprint density at radius 3 is 1.97 bits per heavy atom. The molecule has 7 nitrogen and oxygen atoms in total. The molecule has 1 amide bonds. The molecule has 1 heterocycles. The van der Waals surface area contributed by atoms with Crippen molar-refractivity contribution in [3.05, 3.63) is 88.5 Å². The highest BCUT2D eigenvalue weighted by molar-refractivity contribution is 6.07. The van der Waals surface area contributed by atoms with E-state index in [0.29, 0.717) is 12.1 Å². The highest BCUT2D eigenvalue weighted by atomic mass is 16.6. The van der Waals surface area contributed by atoms with Gasteiger partial charge >= 0.3 is 0 Å². The first-order valence-electron chi connectivity index (χ1n) is 11.2. The van der Waals surface area contributed by atoms with E-state index in [0.717, 1.165) is 59.7 Å². The number of hydrogen-bond donors (Lipinski definition) is 2. The van der Waals surface area contributed by atoms with E-state index in [2.05, 4.69) is 22.8 Å². The molecular formula is C26H26N4O3. The van der Waals surface area contributed by atoms with Crippen molar-refractivity contribution in [3.63, 3.8) is 0 Å². The number of fused-ring (bicyclic) bond motifs is 2. The van der Waals surface area contributed by atoms with Crippen molar-refractivity contribution in [2.24, 2.45) is 0 Å². The van der Waals surface area contributed by atoms with E-state index in [1.165, 1.54) is 24.3 Å². The Labute approximate surface area is 192 Å². The van der Waals surface area contributed by atoms with Gasteiger partial charge in [0.25, 0.3) is 11.6 Å². The number of nitrogens with one attached hydrogen (secondary N) is 2. The Morgan fingerprint density at radius 1 is 0.788 bits per heavy atom. The quantitative estimate of drug-likeness (QED) is 0.142. The van der Waals surface area contributed by atoms with Crippen molar-refractivity contribution < 1.29 is 9.72 Å². The molecule has 0 saturated carbocycles. The van der Waals surface area contributed by atoms with Gasteiger partial charge in [-0.3, -0.25) is 14.9 Å². The molecule has 0 fully saturated rings. The summed E-state index contributed by atoms with van der Waals surface area (Å²) in [6.07, 6.45) is 3.99. The summed E-state index contributed by atoms with van der Waals surface area (Å²) in [5.74, 6) is -0.206. The zero-order chi connectivity index (χ0) is 23.0. The van der Waals surface area contributed by atoms with Crippen molar-refractivity contribution in [1.82, 2.24) is 10.3 Å². The minimum atomic E-state index is -0.476. The Bertz CT molecular complexity index is 1220. The van der Waals surface area contributed by atoms with Gasteiger partial charge in [-0.2, -0.15) is 0 Å². The summed E-state index contributed by atoms with van der Waals surface area (Å²) in [5, 5.41) is 19.4. The van der Waals surface area contributed by atoms with Gasteiger partial charge < -0.3 is 10.6 Å². The fourth-order valence-electron chi connectivity index (χ4n) is 3.89. The molecule has 4 rings (SSSR count). The van der Waals surface area contributed by atoms with Gasteiger partial charge in [0.05, 0.1) is 21.6 Å². The van der Waals surface area contributed by atoms with Gasteiger partial charge in [-0.05, 0) is 37.1 Å². The van der Waals surface area contributed by atoms with Gasteiger partial charge in [0.2, 0.25) is 0 Å². The van der Waals surface area contributed by atoms with Crippen LogP contribution in [0.1, 0.15) is 36.0 Å². The second-order valence-electron chi connectivity index (χ2n) is 7.92. The van der Waals surface area contributed by atoms with Crippen LogP contribution in [0.5, 0.6) is 0 Å². The Hall–Kier alpha value is -4.00. The molecule has 0 aliphatic rings. The number of carbonyl (C=O) groups excluding carboxylic acids is 1. The highest BCUT2D eigenvalue weighted by Crippen LogP contribution is 2.30. The Morgan fingerprint density at radius 2 is 1.36 bits per heavy atom. The summed E-state index contributed by atoms with van der Waals surface area (Å²) in [5.41, 5.74) is 3.52. The summed E-state index contributed by atoms with van der Waals surface area (Å²) in [6.45, 7) is 1.45. The number of rotatable bonds is 10. The fraction of sp³-hybridized carbons (Fsp3) is 0.231.